The number of aliphatic hydroxyl groups excluding tert-OH is 1. The second kappa shape index (κ2) is 5.72. The normalized spacial score (nSPS) is 17.8. The van der Waals surface area contributed by atoms with Crippen molar-refractivity contribution < 1.29 is 19.4 Å². The fourth-order valence-electron chi connectivity index (χ4n) is 2.61. The Hall–Kier alpha value is -2.10. The largest absolute Gasteiger partial charge is 0.511 e. The van der Waals surface area contributed by atoms with Gasteiger partial charge in [-0.1, -0.05) is 26.0 Å². The molecule has 4 heteroatoms. The maximum absolute atomic E-state index is 12.1. The van der Waals surface area contributed by atoms with Gasteiger partial charge in [-0.25, -0.2) is 0 Å². The van der Waals surface area contributed by atoms with E-state index in [1.54, 1.807) is 31.4 Å². The van der Waals surface area contributed by atoms with Crippen LogP contribution in [0, 0.1) is 5.41 Å². The van der Waals surface area contributed by atoms with E-state index in [2.05, 4.69) is 0 Å². The van der Waals surface area contributed by atoms with Crippen LogP contribution in [0.25, 0.3) is 0 Å². The van der Waals surface area contributed by atoms with Gasteiger partial charge in [-0.2, -0.15) is 0 Å². The molecule has 1 N–H and O–H groups in total. The molecule has 0 bridgehead atoms. The molecule has 1 aromatic rings. The van der Waals surface area contributed by atoms with Crippen LogP contribution in [0.2, 0.25) is 0 Å². The number of carbonyl (C=O) groups excluding carboxylic acids is 2. The average molecular weight is 288 g/mol. The highest BCUT2D eigenvalue weighted by Crippen LogP contribution is 2.34. The summed E-state index contributed by atoms with van der Waals surface area (Å²) < 4.78 is 5.06. The van der Waals surface area contributed by atoms with Crippen LogP contribution in [0.15, 0.2) is 35.6 Å². The van der Waals surface area contributed by atoms with E-state index in [4.69, 9.17) is 4.74 Å². The molecule has 4 nitrogen and oxygen atoms in total. The molecule has 1 aliphatic carbocycles. The van der Waals surface area contributed by atoms with Crippen molar-refractivity contribution >= 4 is 11.6 Å². The molecule has 1 aliphatic rings. The van der Waals surface area contributed by atoms with Gasteiger partial charge in [-0.05, 0) is 23.1 Å². The molecule has 0 amide bonds. The molecule has 1 aromatic carbocycles. The first kappa shape index (κ1) is 15.3. The van der Waals surface area contributed by atoms with Crippen LogP contribution in [-0.2, 0) is 16.0 Å². The van der Waals surface area contributed by atoms with Gasteiger partial charge < -0.3 is 9.84 Å². The molecule has 112 valence electrons. The predicted molar refractivity (Wildman–Crippen MR) is 79.4 cm³/mol. The Morgan fingerprint density at radius 2 is 1.67 bits per heavy atom. The third kappa shape index (κ3) is 3.51. The summed E-state index contributed by atoms with van der Waals surface area (Å²) in [5.74, 6) is 0.0626. The van der Waals surface area contributed by atoms with Gasteiger partial charge in [0, 0.05) is 19.3 Å². The maximum Gasteiger partial charge on any atom is 0.170 e. The molecule has 0 heterocycles. The fraction of sp³-hybridized carbons (Fsp3) is 0.412. The smallest absolute Gasteiger partial charge is 0.170 e. The molecule has 0 radical (unpaired) electrons. The van der Waals surface area contributed by atoms with Gasteiger partial charge in [0.1, 0.15) is 11.5 Å². The molecule has 2 rings (SSSR count). The predicted octanol–water partition coefficient (Wildman–Crippen LogP) is 3.01. The van der Waals surface area contributed by atoms with E-state index in [1.807, 2.05) is 13.8 Å². The quantitative estimate of drug-likeness (QED) is 0.527. The highest BCUT2D eigenvalue weighted by Gasteiger charge is 2.37. The first-order valence-electron chi connectivity index (χ1n) is 6.94. The maximum atomic E-state index is 12.1. The Labute approximate surface area is 124 Å². The van der Waals surface area contributed by atoms with Gasteiger partial charge >= 0.3 is 0 Å². The molecular weight excluding hydrogens is 268 g/mol. The van der Waals surface area contributed by atoms with Gasteiger partial charge in [-0.15, -0.1) is 0 Å². The van der Waals surface area contributed by atoms with Crippen LogP contribution in [0.4, 0.5) is 0 Å². The summed E-state index contributed by atoms with van der Waals surface area (Å²) in [5.41, 5.74) is 0.481. The van der Waals surface area contributed by atoms with Gasteiger partial charge in [0.25, 0.3) is 0 Å². The van der Waals surface area contributed by atoms with Crippen molar-refractivity contribution in [3.8, 4) is 5.75 Å². The number of hydrogen-bond donors (Lipinski definition) is 1. The van der Waals surface area contributed by atoms with Gasteiger partial charge in [0.15, 0.2) is 11.6 Å². The Bertz CT molecular complexity index is 572. The van der Waals surface area contributed by atoms with Crippen molar-refractivity contribution in [3.05, 3.63) is 41.2 Å². The molecule has 21 heavy (non-hydrogen) atoms. The van der Waals surface area contributed by atoms with E-state index in [1.165, 1.54) is 0 Å². The third-order valence-corrected chi connectivity index (χ3v) is 3.66. The van der Waals surface area contributed by atoms with Gasteiger partial charge in [-0.3, -0.25) is 9.59 Å². The number of ether oxygens (including phenoxy) is 1. The average Bonchev–Trinajstić information content (AvgIpc) is 2.37. The molecule has 0 aromatic heterocycles. The first-order valence-corrected chi connectivity index (χ1v) is 6.94. The number of allylic oxidation sites excluding steroid dienone is 2. The number of hydrogen-bond acceptors (Lipinski definition) is 4. The van der Waals surface area contributed by atoms with Crippen LogP contribution >= 0.6 is 0 Å². The number of aliphatic hydroxyl groups is 1. The topological polar surface area (TPSA) is 63.6 Å². The lowest BCUT2D eigenvalue weighted by atomic mass is 9.73. The van der Waals surface area contributed by atoms with Crippen LogP contribution in [0.3, 0.4) is 0 Å². The SMILES string of the molecule is COc1ccc(CC(O)=C2C(=O)CC(C)(C)CC2=O)cc1. The van der Waals surface area contributed by atoms with Crippen molar-refractivity contribution in [3.63, 3.8) is 0 Å². The Morgan fingerprint density at radius 3 is 2.14 bits per heavy atom. The Morgan fingerprint density at radius 1 is 1.14 bits per heavy atom. The molecule has 1 saturated carbocycles. The van der Waals surface area contributed by atoms with Crippen LogP contribution in [0.1, 0.15) is 32.3 Å². The molecule has 0 spiro atoms. The molecule has 0 unspecified atom stereocenters. The standard InChI is InChI=1S/C17H20O4/c1-17(2)9-14(19)16(15(20)10-17)13(18)8-11-4-6-12(21-3)7-5-11/h4-7,18H,8-10H2,1-3H3. The van der Waals surface area contributed by atoms with E-state index in [0.29, 0.717) is 12.8 Å². The summed E-state index contributed by atoms with van der Waals surface area (Å²) in [4.78, 5) is 24.2. The van der Waals surface area contributed by atoms with Crippen molar-refractivity contribution in [2.75, 3.05) is 7.11 Å². The number of ketones is 2. The van der Waals surface area contributed by atoms with Crippen LogP contribution in [-0.4, -0.2) is 23.8 Å². The zero-order valence-electron chi connectivity index (χ0n) is 12.6. The van der Waals surface area contributed by atoms with E-state index >= 15 is 0 Å². The summed E-state index contributed by atoms with van der Waals surface area (Å²) >= 11 is 0. The Balaban J connectivity index is 2.22. The van der Waals surface area contributed by atoms with E-state index in [-0.39, 0.29) is 34.7 Å². The van der Waals surface area contributed by atoms with E-state index < -0.39 is 0 Å². The van der Waals surface area contributed by atoms with Crippen molar-refractivity contribution in [2.24, 2.45) is 5.41 Å². The number of benzene rings is 1. The zero-order valence-corrected chi connectivity index (χ0v) is 12.6. The first-order chi connectivity index (χ1) is 9.82. The fourth-order valence-corrected chi connectivity index (χ4v) is 2.61. The van der Waals surface area contributed by atoms with Gasteiger partial charge in [0.05, 0.1) is 12.7 Å². The number of carbonyl (C=O) groups is 2. The molecule has 0 aliphatic heterocycles. The highest BCUT2D eigenvalue weighted by atomic mass is 16.5. The van der Waals surface area contributed by atoms with Crippen molar-refractivity contribution in [1.29, 1.82) is 0 Å². The van der Waals surface area contributed by atoms with Crippen LogP contribution < -0.4 is 4.74 Å². The monoisotopic (exact) mass is 288 g/mol. The summed E-state index contributed by atoms with van der Waals surface area (Å²) in [6, 6.07) is 7.16. The third-order valence-electron chi connectivity index (χ3n) is 3.66. The van der Waals surface area contributed by atoms with E-state index in [9.17, 15) is 14.7 Å². The Kier molecular flexibility index (Phi) is 4.16. The number of methoxy groups -OCH3 is 1. The van der Waals surface area contributed by atoms with Gasteiger partial charge in [0.2, 0.25) is 0 Å². The molecular formula is C17H20O4. The lowest BCUT2D eigenvalue weighted by Gasteiger charge is -2.28. The second-order valence-corrected chi connectivity index (χ2v) is 6.21. The lowest BCUT2D eigenvalue weighted by molar-refractivity contribution is -0.127. The number of rotatable bonds is 3. The lowest BCUT2D eigenvalue weighted by Crippen LogP contribution is -2.32. The highest BCUT2D eigenvalue weighted by molar-refractivity contribution is 6.22. The molecule has 1 fully saturated rings. The number of Topliss-reactive ketones (excluding diaryl/α,β-unsaturated/α-hetero) is 2. The minimum atomic E-state index is -0.321. The second-order valence-electron chi connectivity index (χ2n) is 6.21. The minimum absolute atomic E-state index is 0.0230. The zero-order chi connectivity index (χ0) is 15.6. The minimum Gasteiger partial charge on any atom is -0.511 e. The molecule has 0 atom stereocenters. The summed E-state index contributed by atoms with van der Waals surface area (Å²) in [5, 5.41) is 10.2. The molecule has 0 saturated heterocycles. The summed E-state index contributed by atoms with van der Waals surface area (Å²) in [6.07, 6.45) is 0.763. The van der Waals surface area contributed by atoms with Crippen LogP contribution in [0.5, 0.6) is 5.75 Å². The van der Waals surface area contributed by atoms with Crippen molar-refractivity contribution in [1.82, 2.24) is 0 Å². The summed E-state index contributed by atoms with van der Waals surface area (Å²) in [7, 11) is 1.58. The van der Waals surface area contributed by atoms with E-state index in [0.717, 1.165) is 11.3 Å². The summed E-state index contributed by atoms with van der Waals surface area (Å²) in [6.45, 7) is 3.78. The van der Waals surface area contributed by atoms with Crippen molar-refractivity contribution in [2.45, 2.75) is 33.1 Å².